The van der Waals surface area contributed by atoms with Crippen LogP contribution in [0.1, 0.15) is 24.2 Å². The lowest BCUT2D eigenvalue weighted by molar-refractivity contribution is 0.0755. The largest absolute Gasteiger partial charge is 0.393 e. The van der Waals surface area contributed by atoms with Crippen LogP contribution in [0.25, 0.3) is 0 Å². The van der Waals surface area contributed by atoms with Crippen molar-refractivity contribution in [3.05, 3.63) is 35.9 Å². The molecule has 0 saturated heterocycles. The topological polar surface area (TPSA) is 46.3 Å². The van der Waals surface area contributed by atoms with Crippen LogP contribution in [-0.4, -0.2) is 28.9 Å². The van der Waals surface area contributed by atoms with E-state index >= 15 is 0 Å². The Kier molecular flexibility index (Phi) is 5.10. The first-order chi connectivity index (χ1) is 8.06. The van der Waals surface area contributed by atoms with Gasteiger partial charge in [0.1, 0.15) is 0 Å². The number of carbonyl (C=O) groups excluding carboxylic acids is 1. The van der Waals surface area contributed by atoms with Gasteiger partial charge in [-0.3, -0.25) is 4.79 Å². The van der Waals surface area contributed by atoms with Crippen molar-refractivity contribution in [3.8, 4) is 0 Å². The lowest BCUT2D eigenvalue weighted by Crippen LogP contribution is -2.38. The second-order valence-electron chi connectivity index (χ2n) is 4.01. The molecule has 0 aromatic heterocycles. The summed E-state index contributed by atoms with van der Waals surface area (Å²) < 4.78 is 0. The number of amides is 1. The summed E-state index contributed by atoms with van der Waals surface area (Å²) in [5, 5.41) is 0. The van der Waals surface area contributed by atoms with E-state index in [1.165, 1.54) is 0 Å². The van der Waals surface area contributed by atoms with Gasteiger partial charge in [-0.15, -0.1) is 0 Å². The molecule has 1 amide bonds. The average molecular weight is 250 g/mol. The quantitative estimate of drug-likeness (QED) is 0.814. The van der Waals surface area contributed by atoms with Crippen LogP contribution < -0.4 is 5.73 Å². The highest BCUT2D eigenvalue weighted by Crippen LogP contribution is 2.07. The van der Waals surface area contributed by atoms with E-state index < -0.39 is 0 Å². The maximum absolute atomic E-state index is 12.2. The number of benzene rings is 1. The maximum Gasteiger partial charge on any atom is 0.253 e. The molecule has 2 N–H and O–H groups in total. The third-order valence-corrected chi connectivity index (χ3v) is 3.07. The van der Waals surface area contributed by atoms with Gasteiger partial charge >= 0.3 is 0 Å². The molecular weight excluding hydrogens is 232 g/mol. The van der Waals surface area contributed by atoms with Gasteiger partial charge in [-0.25, -0.2) is 0 Å². The van der Waals surface area contributed by atoms with E-state index in [2.05, 4.69) is 0 Å². The van der Waals surface area contributed by atoms with Crippen molar-refractivity contribution in [2.45, 2.75) is 13.8 Å². The zero-order valence-corrected chi connectivity index (χ0v) is 11.0. The zero-order valence-electron chi connectivity index (χ0n) is 10.2. The van der Waals surface area contributed by atoms with E-state index in [9.17, 15) is 4.79 Å². The summed E-state index contributed by atoms with van der Waals surface area (Å²) in [7, 11) is 0. The maximum atomic E-state index is 12.2. The second kappa shape index (κ2) is 6.35. The van der Waals surface area contributed by atoms with Crippen molar-refractivity contribution in [3.63, 3.8) is 0 Å². The van der Waals surface area contributed by atoms with Crippen LogP contribution in [0.4, 0.5) is 0 Å². The summed E-state index contributed by atoms with van der Waals surface area (Å²) in [6, 6.07) is 9.24. The molecule has 0 spiro atoms. The number of rotatable bonds is 5. The number of carbonyl (C=O) groups is 1. The summed E-state index contributed by atoms with van der Waals surface area (Å²) in [6.07, 6.45) is 0. The zero-order chi connectivity index (χ0) is 12.8. The van der Waals surface area contributed by atoms with Crippen molar-refractivity contribution >= 4 is 23.1 Å². The molecule has 0 radical (unpaired) electrons. The van der Waals surface area contributed by atoms with Crippen LogP contribution in [0.2, 0.25) is 0 Å². The van der Waals surface area contributed by atoms with E-state index in [1.54, 1.807) is 4.90 Å². The van der Waals surface area contributed by atoms with Gasteiger partial charge in [0.2, 0.25) is 0 Å². The molecule has 0 fully saturated rings. The molecule has 3 nitrogen and oxygen atoms in total. The van der Waals surface area contributed by atoms with Crippen LogP contribution in [0.15, 0.2) is 30.3 Å². The van der Waals surface area contributed by atoms with Crippen LogP contribution in [0.3, 0.4) is 0 Å². The molecule has 0 aliphatic carbocycles. The van der Waals surface area contributed by atoms with Gasteiger partial charge < -0.3 is 10.6 Å². The summed E-state index contributed by atoms with van der Waals surface area (Å²) in [6.45, 7) is 5.11. The Bertz CT molecular complexity index is 392. The molecule has 0 saturated carbocycles. The van der Waals surface area contributed by atoms with Crippen molar-refractivity contribution in [2.75, 3.05) is 13.1 Å². The smallest absolute Gasteiger partial charge is 0.253 e. The van der Waals surface area contributed by atoms with Crippen molar-refractivity contribution in [2.24, 2.45) is 11.7 Å². The third kappa shape index (κ3) is 3.82. The minimum Gasteiger partial charge on any atom is -0.393 e. The molecule has 1 unspecified atom stereocenters. The molecule has 17 heavy (non-hydrogen) atoms. The fourth-order valence-electron chi connectivity index (χ4n) is 1.54. The highest BCUT2D eigenvalue weighted by Gasteiger charge is 2.17. The first-order valence-electron chi connectivity index (χ1n) is 5.70. The third-order valence-electron chi connectivity index (χ3n) is 2.67. The Morgan fingerprint density at radius 1 is 1.41 bits per heavy atom. The minimum atomic E-state index is 0.0243. The van der Waals surface area contributed by atoms with Crippen molar-refractivity contribution in [1.29, 1.82) is 0 Å². The van der Waals surface area contributed by atoms with Crippen LogP contribution in [-0.2, 0) is 0 Å². The first-order valence-corrected chi connectivity index (χ1v) is 6.10. The first kappa shape index (κ1) is 13.6. The highest BCUT2D eigenvalue weighted by molar-refractivity contribution is 7.80. The SMILES string of the molecule is CCN(CC(C)C(N)=S)C(=O)c1ccccc1. The molecule has 0 bridgehead atoms. The molecule has 0 aliphatic rings. The summed E-state index contributed by atoms with van der Waals surface area (Å²) >= 11 is 4.93. The van der Waals surface area contributed by atoms with E-state index in [4.69, 9.17) is 18.0 Å². The average Bonchev–Trinajstić information content (AvgIpc) is 2.35. The van der Waals surface area contributed by atoms with Gasteiger partial charge in [0.25, 0.3) is 5.91 Å². The second-order valence-corrected chi connectivity index (χ2v) is 4.48. The number of nitrogens with zero attached hydrogens (tertiary/aromatic N) is 1. The molecule has 4 heteroatoms. The normalized spacial score (nSPS) is 11.9. The fourth-order valence-corrected chi connectivity index (χ4v) is 1.61. The van der Waals surface area contributed by atoms with Gasteiger partial charge in [0.05, 0.1) is 4.99 Å². The van der Waals surface area contributed by atoms with E-state index in [0.717, 1.165) is 0 Å². The molecule has 1 aromatic carbocycles. The lowest BCUT2D eigenvalue weighted by atomic mass is 10.1. The number of hydrogen-bond acceptors (Lipinski definition) is 2. The summed E-state index contributed by atoms with van der Waals surface area (Å²) in [5.74, 6) is 0.0637. The molecule has 0 heterocycles. The Labute approximate surface area is 108 Å². The Balaban J connectivity index is 2.75. The van der Waals surface area contributed by atoms with E-state index in [1.807, 2.05) is 44.2 Å². The molecule has 1 atom stereocenters. The lowest BCUT2D eigenvalue weighted by Gasteiger charge is -2.24. The van der Waals surface area contributed by atoms with Gasteiger partial charge in [-0.2, -0.15) is 0 Å². The highest BCUT2D eigenvalue weighted by atomic mass is 32.1. The van der Waals surface area contributed by atoms with Gasteiger partial charge in [-0.1, -0.05) is 37.3 Å². The van der Waals surface area contributed by atoms with Crippen LogP contribution >= 0.6 is 12.2 Å². The fraction of sp³-hybridized carbons (Fsp3) is 0.385. The van der Waals surface area contributed by atoms with Gasteiger partial charge in [-0.05, 0) is 19.1 Å². The number of nitrogens with two attached hydrogens (primary N) is 1. The Morgan fingerprint density at radius 3 is 2.47 bits per heavy atom. The van der Waals surface area contributed by atoms with Crippen LogP contribution in [0, 0.1) is 5.92 Å². The van der Waals surface area contributed by atoms with Gasteiger partial charge in [0.15, 0.2) is 0 Å². The van der Waals surface area contributed by atoms with Gasteiger partial charge in [0, 0.05) is 24.6 Å². The monoisotopic (exact) mass is 250 g/mol. The summed E-state index contributed by atoms with van der Waals surface area (Å²) in [4.78, 5) is 14.4. The minimum absolute atomic E-state index is 0.0243. The van der Waals surface area contributed by atoms with Crippen LogP contribution in [0.5, 0.6) is 0 Å². The molecular formula is C13H18N2OS. The molecule has 1 rings (SSSR count). The number of hydrogen-bond donors (Lipinski definition) is 1. The van der Waals surface area contributed by atoms with E-state index in [-0.39, 0.29) is 11.8 Å². The molecule has 1 aromatic rings. The van der Waals surface area contributed by atoms with Crippen molar-refractivity contribution < 1.29 is 4.79 Å². The Hall–Kier alpha value is -1.42. The molecule has 92 valence electrons. The number of thiocarbonyl (C=S) groups is 1. The molecule has 0 aliphatic heterocycles. The van der Waals surface area contributed by atoms with Crippen molar-refractivity contribution in [1.82, 2.24) is 4.90 Å². The summed E-state index contributed by atoms with van der Waals surface area (Å²) in [5.41, 5.74) is 6.27. The predicted molar refractivity (Wildman–Crippen MR) is 74.0 cm³/mol. The Morgan fingerprint density at radius 2 is 2.00 bits per heavy atom. The standard InChI is InChI=1S/C13H18N2OS/c1-3-15(9-10(2)12(14)17)13(16)11-7-5-4-6-8-11/h4-8,10H,3,9H2,1-2H3,(H2,14,17). The predicted octanol–water partition coefficient (Wildman–Crippen LogP) is 2.07. The van der Waals surface area contributed by atoms with E-state index in [0.29, 0.717) is 23.6 Å².